The van der Waals surface area contributed by atoms with E-state index in [1.165, 1.54) is 12.3 Å². The first-order valence-electron chi connectivity index (χ1n) is 13.1. The Morgan fingerprint density at radius 3 is 2.37 bits per heavy atom. The zero-order valence-electron chi connectivity index (χ0n) is 21.6. The van der Waals surface area contributed by atoms with Crippen LogP contribution in [0.15, 0.2) is 23.3 Å². The molecular formula is C25H34F3N7O2S. The number of aromatic nitrogens is 1. The quantitative estimate of drug-likeness (QED) is 0.316. The van der Waals surface area contributed by atoms with Crippen molar-refractivity contribution >= 4 is 21.7 Å². The van der Waals surface area contributed by atoms with E-state index in [1.807, 2.05) is 18.0 Å². The Balaban J connectivity index is 1.22. The highest BCUT2D eigenvalue weighted by molar-refractivity contribution is 7.88. The molecule has 1 saturated heterocycles. The fraction of sp³-hybridized carbons (Fsp3) is 0.720. The molecule has 9 nitrogen and oxygen atoms in total. The Morgan fingerprint density at radius 1 is 1.18 bits per heavy atom. The van der Waals surface area contributed by atoms with Gasteiger partial charge >= 0.3 is 6.18 Å². The maximum Gasteiger partial charge on any atom is 0.417 e. The van der Waals surface area contributed by atoms with Crippen LogP contribution < -0.4 is 14.9 Å². The van der Waals surface area contributed by atoms with Gasteiger partial charge in [0.1, 0.15) is 11.7 Å². The monoisotopic (exact) mass is 553 g/mol. The van der Waals surface area contributed by atoms with E-state index in [2.05, 4.69) is 24.9 Å². The summed E-state index contributed by atoms with van der Waals surface area (Å²) in [4.78, 5) is 12.4. The highest BCUT2D eigenvalue weighted by Gasteiger charge is 2.56. The Hall–Kier alpha value is -2.43. The summed E-state index contributed by atoms with van der Waals surface area (Å²) < 4.78 is 65.6. The van der Waals surface area contributed by atoms with E-state index in [9.17, 15) is 26.9 Å². The van der Waals surface area contributed by atoms with Crippen LogP contribution in [0.2, 0.25) is 0 Å². The summed E-state index contributed by atoms with van der Waals surface area (Å²) in [6.07, 6.45) is 4.21. The normalized spacial score (nSPS) is 32.7. The summed E-state index contributed by atoms with van der Waals surface area (Å²) in [5.41, 5.74) is -1.12. The number of amidine groups is 1. The van der Waals surface area contributed by atoms with Gasteiger partial charge in [-0.2, -0.15) is 23.4 Å². The molecule has 0 radical (unpaired) electrons. The summed E-state index contributed by atoms with van der Waals surface area (Å²) in [5, 5.41) is 13.1. The molecule has 4 bridgehead atoms. The van der Waals surface area contributed by atoms with E-state index < -0.39 is 21.8 Å². The van der Waals surface area contributed by atoms with Crippen LogP contribution in [0.4, 0.5) is 19.0 Å². The highest BCUT2D eigenvalue weighted by Crippen LogP contribution is 2.56. The summed E-state index contributed by atoms with van der Waals surface area (Å²) in [6.45, 7) is 4.50. The molecule has 0 amide bonds. The number of hydrogen-bond donors (Lipinski definition) is 2. The molecular weight excluding hydrogens is 519 g/mol. The number of alkyl halides is 3. The smallest absolute Gasteiger partial charge is 0.368 e. The first-order valence-corrected chi connectivity index (χ1v) is 15.0. The number of aliphatic imine (C=N–C) groups is 1. The summed E-state index contributed by atoms with van der Waals surface area (Å²) >= 11 is 0. The van der Waals surface area contributed by atoms with E-state index in [1.54, 1.807) is 0 Å². The number of nitrogens with zero attached hydrogens (tertiary/aromatic N) is 5. The number of pyridine rings is 1. The zero-order valence-corrected chi connectivity index (χ0v) is 22.4. The molecule has 1 aromatic rings. The van der Waals surface area contributed by atoms with Crippen molar-refractivity contribution in [3.05, 3.63) is 23.9 Å². The third-order valence-corrected chi connectivity index (χ3v) is 9.62. The van der Waals surface area contributed by atoms with Crippen molar-refractivity contribution in [2.45, 2.75) is 62.8 Å². The number of nitrogens with one attached hydrogen (secondary N) is 2. The van der Waals surface area contributed by atoms with Crippen LogP contribution in [-0.4, -0.2) is 74.2 Å². The molecule has 1 aliphatic heterocycles. The van der Waals surface area contributed by atoms with E-state index >= 15 is 0 Å². The molecule has 4 saturated carbocycles. The van der Waals surface area contributed by atoms with Crippen LogP contribution in [0.5, 0.6) is 0 Å². The van der Waals surface area contributed by atoms with Gasteiger partial charge in [-0.05, 0) is 68.9 Å². The lowest BCUT2D eigenvalue weighted by Crippen LogP contribution is -2.67. The molecule has 0 spiro atoms. The van der Waals surface area contributed by atoms with Gasteiger partial charge in [0.25, 0.3) is 0 Å². The maximum absolute atomic E-state index is 12.9. The minimum atomic E-state index is -4.41. The number of hydrogen-bond acceptors (Lipinski definition) is 7. The second-order valence-electron chi connectivity index (χ2n) is 11.5. The van der Waals surface area contributed by atoms with Crippen LogP contribution in [0.3, 0.4) is 0 Å². The Bertz CT molecular complexity index is 1190. The van der Waals surface area contributed by atoms with Crippen molar-refractivity contribution in [3.8, 4) is 6.19 Å². The lowest BCUT2D eigenvalue weighted by molar-refractivity contribution is -0.137. The van der Waals surface area contributed by atoms with Crippen molar-refractivity contribution in [2.75, 3.05) is 37.3 Å². The molecule has 3 atom stereocenters. The molecule has 5 fully saturated rings. The second kappa shape index (κ2) is 9.95. The van der Waals surface area contributed by atoms with Gasteiger partial charge in [0.2, 0.25) is 16.2 Å². The van der Waals surface area contributed by atoms with Crippen LogP contribution in [0.1, 0.15) is 44.6 Å². The molecule has 208 valence electrons. The first kappa shape index (κ1) is 27.1. The fourth-order valence-corrected chi connectivity index (χ4v) is 8.54. The Morgan fingerprint density at radius 2 is 1.84 bits per heavy atom. The summed E-state index contributed by atoms with van der Waals surface area (Å²) in [6, 6.07) is 2.47. The molecule has 3 unspecified atom stereocenters. The van der Waals surface area contributed by atoms with Crippen LogP contribution >= 0.6 is 0 Å². The molecule has 2 N–H and O–H groups in total. The second-order valence-corrected chi connectivity index (χ2v) is 13.2. The van der Waals surface area contributed by atoms with Gasteiger partial charge in [0.05, 0.1) is 17.9 Å². The number of rotatable bonds is 6. The third kappa shape index (κ3) is 5.62. The molecule has 4 aliphatic carbocycles. The van der Waals surface area contributed by atoms with Gasteiger partial charge in [0, 0.05) is 44.0 Å². The molecule has 5 aliphatic rings. The van der Waals surface area contributed by atoms with Crippen LogP contribution in [-0.2, 0) is 16.2 Å². The molecule has 2 heterocycles. The van der Waals surface area contributed by atoms with Crippen LogP contribution in [0.25, 0.3) is 0 Å². The van der Waals surface area contributed by atoms with Gasteiger partial charge in [-0.25, -0.2) is 18.1 Å². The topological polar surface area (TPSA) is 114 Å². The molecule has 6 rings (SSSR count). The zero-order chi connectivity index (χ0) is 27.3. The van der Waals surface area contributed by atoms with E-state index in [4.69, 9.17) is 0 Å². The number of piperazine rings is 1. The fourth-order valence-electron chi connectivity index (χ4n) is 7.50. The minimum Gasteiger partial charge on any atom is -0.368 e. The Labute approximate surface area is 221 Å². The average Bonchev–Trinajstić information content (AvgIpc) is 2.83. The van der Waals surface area contributed by atoms with Gasteiger partial charge < -0.3 is 10.2 Å². The average molecular weight is 554 g/mol. The van der Waals surface area contributed by atoms with Gasteiger partial charge in [-0.15, -0.1) is 0 Å². The number of halogens is 3. The summed E-state index contributed by atoms with van der Waals surface area (Å²) in [5.74, 6) is 2.28. The van der Waals surface area contributed by atoms with E-state index in [0.29, 0.717) is 55.6 Å². The number of anilines is 1. The van der Waals surface area contributed by atoms with Crippen molar-refractivity contribution < 1.29 is 21.6 Å². The predicted octanol–water partition coefficient (Wildman–Crippen LogP) is 2.58. The maximum atomic E-state index is 12.9. The molecule has 0 aromatic carbocycles. The number of sulfonamides is 1. The molecule has 13 heteroatoms. The van der Waals surface area contributed by atoms with Crippen molar-refractivity contribution in [1.29, 1.82) is 5.26 Å². The summed E-state index contributed by atoms with van der Waals surface area (Å²) in [7, 11) is -3.30. The van der Waals surface area contributed by atoms with Crippen molar-refractivity contribution in [1.82, 2.24) is 19.9 Å². The predicted molar refractivity (Wildman–Crippen MR) is 137 cm³/mol. The lowest BCUT2D eigenvalue weighted by Gasteiger charge is -2.60. The van der Waals surface area contributed by atoms with E-state index in [-0.39, 0.29) is 17.6 Å². The standard InChI is InChI=1S/C25H34F3N7O2S/c1-16(34-5-7-35(8-6-34)21-4-3-20(14-30-21)25(26,27)28)23(31-15-29)32-22-18-9-17-10-19(22)13-24(11-17,12-18)33-38(2,36)37/h3-4,14,16-19,22,33H,5-13H2,1-2H3,(H,31,32). The van der Waals surface area contributed by atoms with Gasteiger partial charge in [-0.3, -0.25) is 4.90 Å². The lowest BCUT2D eigenvalue weighted by atomic mass is 9.51. The van der Waals surface area contributed by atoms with Gasteiger partial charge in [-0.1, -0.05) is 0 Å². The van der Waals surface area contributed by atoms with Crippen LogP contribution in [0, 0.1) is 29.2 Å². The minimum absolute atomic E-state index is 0.141. The van der Waals surface area contributed by atoms with Crippen molar-refractivity contribution in [2.24, 2.45) is 22.7 Å². The highest BCUT2D eigenvalue weighted by atomic mass is 32.2. The third-order valence-electron chi connectivity index (χ3n) is 8.82. The molecule has 1 aromatic heterocycles. The first-order chi connectivity index (χ1) is 17.9. The molecule has 38 heavy (non-hydrogen) atoms. The van der Waals surface area contributed by atoms with Gasteiger partial charge in [0.15, 0.2) is 0 Å². The Kier molecular flexibility index (Phi) is 7.11. The number of nitriles is 1. The van der Waals surface area contributed by atoms with Crippen molar-refractivity contribution in [3.63, 3.8) is 0 Å². The SMILES string of the molecule is CC(/C(=N\C#N)NC1C2CC3CC1CC(NS(C)(=O)=O)(C3)C2)N1CCN(c2ccc(C(F)(F)F)cn2)CC1. The van der Waals surface area contributed by atoms with E-state index in [0.717, 1.165) is 44.4 Å². The largest absolute Gasteiger partial charge is 0.417 e.